The molecule has 0 aliphatic rings. The van der Waals surface area contributed by atoms with Crippen molar-refractivity contribution in [1.82, 2.24) is 15.0 Å². The van der Waals surface area contributed by atoms with Gasteiger partial charge < -0.3 is 9.40 Å². The second-order valence-corrected chi connectivity index (χ2v) is 12.0. The van der Waals surface area contributed by atoms with Crippen molar-refractivity contribution in [3.05, 3.63) is 113 Å². The Morgan fingerprint density at radius 2 is 1.71 bits per heavy atom. The molecule has 7 rings (SSSR count). The van der Waals surface area contributed by atoms with Gasteiger partial charge in [0.25, 0.3) is 0 Å². The number of aryl methyl sites for hydroxylation is 2. The van der Waals surface area contributed by atoms with Gasteiger partial charge in [-0.2, -0.15) is 0 Å². The van der Waals surface area contributed by atoms with Crippen LogP contribution in [-0.4, -0.2) is 15.0 Å². The molecule has 0 saturated heterocycles. The number of pyridine rings is 3. The van der Waals surface area contributed by atoms with Crippen LogP contribution in [0.2, 0.25) is 0 Å². The van der Waals surface area contributed by atoms with Crippen molar-refractivity contribution in [2.24, 2.45) is 5.41 Å². The van der Waals surface area contributed by atoms with Crippen LogP contribution in [0.4, 0.5) is 0 Å². The summed E-state index contributed by atoms with van der Waals surface area (Å²) in [6.45, 7) is 9.72. The van der Waals surface area contributed by atoms with E-state index in [0.29, 0.717) is 28.1 Å². The van der Waals surface area contributed by atoms with Gasteiger partial charge in [0.15, 0.2) is 0 Å². The minimum absolute atomic E-state index is 0. The van der Waals surface area contributed by atoms with Crippen LogP contribution in [0, 0.1) is 31.4 Å². The van der Waals surface area contributed by atoms with Gasteiger partial charge in [0.1, 0.15) is 0 Å². The molecule has 0 aliphatic carbocycles. The van der Waals surface area contributed by atoms with Crippen LogP contribution in [0.3, 0.4) is 0 Å². The number of rotatable bonds is 3. The summed E-state index contributed by atoms with van der Waals surface area (Å²) in [7, 11) is 0. The number of thiophene rings is 1. The van der Waals surface area contributed by atoms with E-state index in [4.69, 9.17) is 12.1 Å². The van der Waals surface area contributed by atoms with E-state index in [1.807, 2.05) is 113 Å². The predicted molar refractivity (Wildman–Crippen MR) is 170 cm³/mol. The monoisotopic (exact) mass is 748 g/mol. The van der Waals surface area contributed by atoms with Crippen LogP contribution >= 0.6 is 11.3 Å². The summed E-state index contributed by atoms with van der Waals surface area (Å²) in [5.41, 5.74) is 7.67. The van der Waals surface area contributed by atoms with E-state index in [2.05, 4.69) is 28.2 Å². The number of furan rings is 1. The molecule has 7 aromatic rings. The summed E-state index contributed by atoms with van der Waals surface area (Å²) in [4.78, 5) is 13.7. The SMILES string of the molecule is Cc1ccc(-c2[c-]cccc2)nc1.[2H]C([2H])(c1csc2ccc(-c3[c-]ccc4c3oc3nc(C)ccc34)nc12)C(C)(C)C.[Ir]. The summed E-state index contributed by atoms with van der Waals surface area (Å²) in [5.74, 6) is 0. The van der Waals surface area contributed by atoms with Crippen LogP contribution < -0.4 is 0 Å². The van der Waals surface area contributed by atoms with Crippen LogP contribution in [-0.2, 0) is 26.5 Å². The minimum atomic E-state index is -1.51. The molecule has 42 heavy (non-hydrogen) atoms. The molecule has 0 bridgehead atoms. The zero-order valence-electron chi connectivity index (χ0n) is 26.1. The fourth-order valence-corrected chi connectivity index (χ4v) is 5.46. The van der Waals surface area contributed by atoms with Gasteiger partial charge in [-0.1, -0.05) is 49.9 Å². The fraction of sp³-hybridized carbons (Fsp3) is 0.194. The van der Waals surface area contributed by atoms with E-state index >= 15 is 0 Å². The van der Waals surface area contributed by atoms with Gasteiger partial charge in [-0.05, 0) is 71.7 Å². The maximum atomic E-state index is 8.72. The third-order valence-electron chi connectivity index (χ3n) is 6.52. The molecule has 2 aromatic carbocycles. The molecule has 5 heterocycles. The number of fused-ring (bicyclic) bond motifs is 4. The Morgan fingerprint density at radius 3 is 2.45 bits per heavy atom. The molecule has 213 valence electrons. The molecule has 0 N–H and O–H groups in total. The smallest absolute Gasteiger partial charge is 0.216 e. The first kappa shape index (κ1) is 27.2. The van der Waals surface area contributed by atoms with E-state index < -0.39 is 11.8 Å². The van der Waals surface area contributed by atoms with E-state index in [9.17, 15) is 0 Å². The van der Waals surface area contributed by atoms with Crippen LogP contribution in [0.1, 0.15) is 40.3 Å². The molecule has 0 fully saturated rings. The fourth-order valence-electron chi connectivity index (χ4n) is 4.63. The van der Waals surface area contributed by atoms with Crippen LogP contribution in [0.25, 0.3) is 54.8 Å². The first-order valence-electron chi connectivity index (χ1n) is 14.5. The average Bonchev–Trinajstić information content (AvgIpc) is 3.59. The van der Waals surface area contributed by atoms with Crippen molar-refractivity contribution in [3.8, 4) is 22.5 Å². The largest absolute Gasteiger partial charge is 0.486 e. The predicted octanol–water partition coefficient (Wildman–Crippen LogP) is 9.81. The maximum absolute atomic E-state index is 8.72. The summed E-state index contributed by atoms with van der Waals surface area (Å²) in [5, 5.41) is 3.83. The summed E-state index contributed by atoms with van der Waals surface area (Å²) < 4.78 is 24.5. The third kappa shape index (κ3) is 6.36. The van der Waals surface area contributed by atoms with Crippen molar-refractivity contribution in [2.75, 3.05) is 0 Å². The van der Waals surface area contributed by atoms with E-state index in [0.717, 1.165) is 38.0 Å². The first-order chi connectivity index (χ1) is 20.5. The second kappa shape index (κ2) is 12.3. The maximum Gasteiger partial charge on any atom is 0.216 e. The number of nitrogens with zero attached hydrogens (tertiary/aromatic N) is 3. The topological polar surface area (TPSA) is 51.8 Å². The molecule has 4 nitrogen and oxygen atoms in total. The molecule has 0 aliphatic heterocycles. The van der Waals surface area contributed by atoms with Gasteiger partial charge in [-0.15, -0.1) is 65.4 Å². The second-order valence-electron chi connectivity index (χ2n) is 11.1. The molecule has 0 saturated carbocycles. The van der Waals surface area contributed by atoms with E-state index in [1.165, 1.54) is 16.9 Å². The molecule has 0 amide bonds. The van der Waals surface area contributed by atoms with Crippen LogP contribution in [0.5, 0.6) is 0 Å². The standard InChI is InChI=1S/C24H21N2OS.C12H10N.Ir/c1-14-8-9-17-16-6-5-7-18(22(16)27-23(17)25-14)19-10-11-20-21(26-19)15(13-28-20)12-24(2,3)4;1-10-7-8-12(13-9-10)11-5-3-2-4-6-11;/h5-6,8-11,13H,12H2,1-4H3;2-5,7-9H,1H3;/q2*-1;/i12D2;;. The first-order valence-corrected chi connectivity index (χ1v) is 14.4. The minimum Gasteiger partial charge on any atom is -0.486 e. The molecule has 1 radical (unpaired) electrons. The Kier molecular flexibility index (Phi) is 7.93. The Hall–Kier alpha value is -3.70. The quantitative estimate of drug-likeness (QED) is 0.169. The van der Waals surface area contributed by atoms with Crippen molar-refractivity contribution < 1.29 is 27.3 Å². The van der Waals surface area contributed by atoms with Gasteiger partial charge >= 0.3 is 0 Å². The third-order valence-corrected chi connectivity index (χ3v) is 7.45. The molecular formula is C36H31IrN3OS-2. The Bertz CT molecular complexity index is 2060. The van der Waals surface area contributed by atoms with Gasteiger partial charge in [0.2, 0.25) is 5.71 Å². The van der Waals surface area contributed by atoms with Crippen molar-refractivity contribution >= 4 is 43.6 Å². The zero-order valence-corrected chi connectivity index (χ0v) is 27.3. The van der Waals surface area contributed by atoms with Gasteiger partial charge in [0, 0.05) is 40.1 Å². The number of hydrogen-bond donors (Lipinski definition) is 0. The summed E-state index contributed by atoms with van der Waals surface area (Å²) in [6.07, 6.45) is 0.365. The molecule has 0 atom stereocenters. The Labute approximate surface area is 267 Å². The average molecular weight is 748 g/mol. The number of hydrogen-bond acceptors (Lipinski definition) is 5. The van der Waals surface area contributed by atoms with Crippen molar-refractivity contribution in [1.29, 1.82) is 0 Å². The van der Waals surface area contributed by atoms with Gasteiger partial charge in [-0.25, -0.2) is 4.98 Å². The zero-order chi connectivity index (χ0) is 30.4. The molecule has 5 aromatic heterocycles. The normalized spacial score (nSPS) is 12.4. The van der Waals surface area contributed by atoms with E-state index in [1.54, 1.807) is 0 Å². The van der Waals surface area contributed by atoms with Crippen molar-refractivity contribution in [3.63, 3.8) is 0 Å². The van der Waals surface area contributed by atoms with Gasteiger partial charge in [-0.3, -0.25) is 4.98 Å². The van der Waals surface area contributed by atoms with Crippen LogP contribution in [0.15, 0.2) is 88.8 Å². The molecule has 0 unspecified atom stereocenters. The summed E-state index contributed by atoms with van der Waals surface area (Å²) in [6, 6.07) is 30.2. The Balaban J connectivity index is 0.000000230. The van der Waals surface area contributed by atoms with Gasteiger partial charge in [0.05, 0.1) is 15.8 Å². The van der Waals surface area contributed by atoms with E-state index in [-0.39, 0.29) is 20.1 Å². The number of benzene rings is 2. The Morgan fingerprint density at radius 1 is 0.881 bits per heavy atom. The molecule has 0 spiro atoms. The van der Waals surface area contributed by atoms with Crippen molar-refractivity contribution in [2.45, 2.75) is 41.0 Å². The number of aromatic nitrogens is 3. The molecule has 6 heteroatoms. The molecular weight excluding hydrogens is 715 g/mol. The summed E-state index contributed by atoms with van der Waals surface area (Å²) >= 11 is 1.52.